The summed E-state index contributed by atoms with van der Waals surface area (Å²) in [4.78, 5) is 37.0. The van der Waals surface area contributed by atoms with Crippen molar-refractivity contribution in [2.75, 3.05) is 11.9 Å². The molecule has 0 unspecified atom stereocenters. The Balaban J connectivity index is 1.49. The van der Waals surface area contributed by atoms with Crippen molar-refractivity contribution < 1.29 is 14.3 Å². The molecule has 0 radical (unpaired) electrons. The van der Waals surface area contributed by atoms with E-state index in [4.69, 9.17) is 16.3 Å². The van der Waals surface area contributed by atoms with Gasteiger partial charge >= 0.3 is 5.97 Å². The Morgan fingerprint density at radius 2 is 1.78 bits per heavy atom. The SMILES string of the molecule is CCOC(=O)c1ccc(NC(=O)Cn2ccn3nc(-c4ccc(Cl)cc4)cc3c2=O)cc1. The highest BCUT2D eigenvalue weighted by atomic mass is 35.5. The van der Waals surface area contributed by atoms with E-state index in [-0.39, 0.29) is 24.6 Å². The number of nitrogens with one attached hydrogen (secondary N) is 1. The number of carbonyl (C=O) groups excluding carboxylic acids is 2. The Morgan fingerprint density at radius 1 is 1.06 bits per heavy atom. The van der Waals surface area contributed by atoms with Crippen LogP contribution in [0.5, 0.6) is 0 Å². The monoisotopic (exact) mass is 450 g/mol. The van der Waals surface area contributed by atoms with E-state index in [0.717, 1.165) is 5.56 Å². The first kappa shape index (κ1) is 21.3. The van der Waals surface area contributed by atoms with Crippen LogP contribution in [0.4, 0.5) is 5.69 Å². The number of hydrogen-bond donors (Lipinski definition) is 1. The van der Waals surface area contributed by atoms with Crippen molar-refractivity contribution in [3.63, 3.8) is 0 Å². The van der Waals surface area contributed by atoms with E-state index in [0.29, 0.717) is 27.5 Å². The minimum Gasteiger partial charge on any atom is -0.462 e. The molecule has 2 aromatic heterocycles. The fraction of sp³-hybridized carbons (Fsp3) is 0.130. The van der Waals surface area contributed by atoms with Crippen molar-refractivity contribution in [2.45, 2.75) is 13.5 Å². The third-order valence-electron chi connectivity index (χ3n) is 4.74. The molecule has 0 spiro atoms. The Labute approximate surface area is 188 Å². The molecule has 8 nitrogen and oxygen atoms in total. The number of nitrogens with zero attached hydrogens (tertiary/aromatic N) is 3. The second-order valence-electron chi connectivity index (χ2n) is 6.94. The molecule has 2 heterocycles. The maximum absolute atomic E-state index is 12.8. The first-order valence-corrected chi connectivity index (χ1v) is 10.2. The normalized spacial score (nSPS) is 10.8. The zero-order valence-electron chi connectivity index (χ0n) is 17.1. The largest absolute Gasteiger partial charge is 0.462 e. The van der Waals surface area contributed by atoms with Gasteiger partial charge in [-0.2, -0.15) is 5.10 Å². The molecule has 0 aliphatic rings. The van der Waals surface area contributed by atoms with Crippen LogP contribution < -0.4 is 10.9 Å². The van der Waals surface area contributed by atoms with Gasteiger partial charge in [0.05, 0.1) is 17.9 Å². The number of aromatic nitrogens is 3. The smallest absolute Gasteiger partial charge is 0.338 e. The summed E-state index contributed by atoms with van der Waals surface area (Å²) in [6.07, 6.45) is 3.13. The van der Waals surface area contributed by atoms with Crippen LogP contribution in [0, 0.1) is 0 Å². The van der Waals surface area contributed by atoms with Crippen molar-refractivity contribution in [1.82, 2.24) is 14.2 Å². The Bertz CT molecular complexity index is 1340. The van der Waals surface area contributed by atoms with E-state index in [1.807, 2.05) is 12.1 Å². The van der Waals surface area contributed by atoms with Crippen LogP contribution in [-0.4, -0.2) is 32.7 Å². The fourth-order valence-electron chi connectivity index (χ4n) is 3.17. The average Bonchev–Trinajstić information content (AvgIpc) is 3.22. The molecule has 0 bridgehead atoms. The van der Waals surface area contributed by atoms with Crippen LogP contribution in [0.3, 0.4) is 0 Å². The summed E-state index contributed by atoms with van der Waals surface area (Å²) in [6.45, 7) is 1.85. The summed E-state index contributed by atoms with van der Waals surface area (Å²) >= 11 is 5.93. The van der Waals surface area contributed by atoms with E-state index in [1.165, 1.54) is 15.3 Å². The summed E-state index contributed by atoms with van der Waals surface area (Å²) in [5.41, 5.74) is 2.36. The predicted octanol–water partition coefficient (Wildman–Crippen LogP) is 3.63. The summed E-state index contributed by atoms with van der Waals surface area (Å²) in [7, 11) is 0. The van der Waals surface area contributed by atoms with E-state index in [2.05, 4.69) is 10.4 Å². The van der Waals surface area contributed by atoms with Gasteiger partial charge in [0.1, 0.15) is 12.1 Å². The highest BCUT2D eigenvalue weighted by Crippen LogP contribution is 2.20. The molecule has 2 aromatic carbocycles. The number of halogens is 1. The van der Waals surface area contributed by atoms with E-state index in [1.54, 1.807) is 55.6 Å². The van der Waals surface area contributed by atoms with Crippen LogP contribution in [-0.2, 0) is 16.1 Å². The Morgan fingerprint density at radius 3 is 2.47 bits per heavy atom. The summed E-state index contributed by atoms with van der Waals surface area (Å²) in [5, 5.41) is 7.75. The van der Waals surface area contributed by atoms with Gasteiger partial charge < -0.3 is 14.6 Å². The number of anilines is 1. The molecular weight excluding hydrogens is 432 g/mol. The average molecular weight is 451 g/mol. The van der Waals surface area contributed by atoms with Gasteiger partial charge in [-0.25, -0.2) is 9.31 Å². The number of amides is 1. The van der Waals surface area contributed by atoms with Crippen LogP contribution in [0.2, 0.25) is 5.02 Å². The lowest BCUT2D eigenvalue weighted by Crippen LogP contribution is -2.28. The molecule has 0 aliphatic carbocycles. The van der Waals surface area contributed by atoms with Gasteiger partial charge in [-0.1, -0.05) is 23.7 Å². The first-order chi connectivity index (χ1) is 15.4. The molecule has 1 amide bonds. The molecule has 1 N–H and O–H groups in total. The van der Waals surface area contributed by atoms with E-state index < -0.39 is 5.97 Å². The minimum absolute atomic E-state index is 0.170. The van der Waals surface area contributed by atoms with Crippen LogP contribution in [0.15, 0.2) is 71.8 Å². The standard InChI is InChI=1S/C23H19ClN4O4/c1-2-32-23(31)16-5-9-18(10-6-16)25-21(29)14-27-11-12-28-20(22(27)30)13-19(26-28)15-3-7-17(24)8-4-15/h3-13H,2,14H2,1H3,(H,25,29). The molecule has 0 saturated heterocycles. The maximum atomic E-state index is 12.8. The first-order valence-electron chi connectivity index (χ1n) is 9.86. The lowest BCUT2D eigenvalue weighted by Gasteiger charge is -2.08. The maximum Gasteiger partial charge on any atom is 0.338 e. The predicted molar refractivity (Wildman–Crippen MR) is 121 cm³/mol. The summed E-state index contributed by atoms with van der Waals surface area (Å²) in [5.74, 6) is -0.804. The number of benzene rings is 2. The number of fused-ring (bicyclic) bond motifs is 1. The van der Waals surface area contributed by atoms with Gasteiger partial charge in [0, 0.05) is 28.7 Å². The Kier molecular flexibility index (Phi) is 6.04. The molecule has 0 aliphatic heterocycles. The lowest BCUT2D eigenvalue weighted by molar-refractivity contribution is -0.116. The van der Waals surface area contributed by atoms with Crippen LogP contribution in [0.25, 0.3) is 16.8 Å². The van der Waals surface area contributed by atoms with Crippen LogP contribution in [0.1, 0.15) is 17.3 Å². The number of rotatable bonds is 6. The zero-order chi connectivity index (χ0) is 22.7. The van der Waals surface area contributed by atoms with Gasteiger partial charge in [0.15, 0.2) is 0 Å². The lowest BCUT2D eigenvalue weighted by atomic mass is 10.1. The van der Waals surface area contributed by atoms with Crippen molar-refractivity contribution in [3.8, 4) is 11.3 Å². The second kappa shape index (κ2) is 9.07. The molecule has 4 rings (SSSR count). The molecule has 32 heavy (non-hydrogen) atoms. The molecule has 9 heteroatoms. The molecule has 0 atom stereocenters. The third-order valence-corrected chi connectivity index (χ3v) is 4.99. The molecule has 4 aromatic rings. The third kappa shape index (κ3) is 4.55. The van der Waals surface area contributed by atoms with Gasteiger partial charge in [-0.05, 0) is 49.4 Å². The van der Waals surface area contributed by atoms with E-state index >= 15 is 0 Å². The zero-order valence-corrected chi connectivity index (χ0v) is 17.9. The number of carbonyl (C=O) groups is 2. The van der Waals surface area contributed by atoms with Crippen molar-refractivity contribution in [1.29, 1.82) is 0 Å². The second-order valence-corrected chi connectivity index (χ2v) is 7.38. The molecule has 0 fully saturated rings. The number of ether oxygens (including phenoxy) is 1. The van der Waals surface area contributed by atoms with Crippen molar-refractivity contribution in [3.05, 3.63) is 87.9 Å². The summed E-state index contributed by atoms with van der Waals surface area (Å²) in [6, 6.07) is 15.2. The van der Waals surface area contributed by atoms with Crippen molar-refractivity contribution >= 4 is 34.7 Å². The molecule has 0 saturated carbocycles. The van der Waals surface area contributed by atoms with Gasteiger partial charge in [0.2, 0.25) is 5.91 Å². The highest BCUT2D eigenvalue weighted by Gasteiger charge is 2.12. The number of hydrogen-bond acceptors (Lipinski definition) is 5. The topological polar surface area (TPSA) is 94.7 Å². The molecule has 162 valence electrons. The highest BCUT2D eigenvalue weighted by molar-refractivity contribution is 6.30. The van der Waals surface area contributed by atoms with Gasteiger partial charge in [-0.15, -0.1) is 0 Å². The fourth-order valence-corrected chi connectivity index (χ4v) is 3.30. The van der Waals surface area contributed by atoms with E-state index in [9.17, 15) is 14.4 Å². The summed E-state index contributed by atoms with van der Waals surface area (Å²) < 4.78 is 7.73. The van der Waals surface area contributed by atoms with Crippen LogP contribution >= 0.6 is 11.6 Å². The van der Waals surface area contributed by atoms with Gasteiger partial charge in [0.25, 0.3) is 5.56 Å². The Hall–Kier alpha value is -3.91. The quantitative estimate of drug-likeness (QED) is 0.452. The number of esters is 1. The molecular formula is C23H19ClN4O4. The van der Waals surface area contributed by atoms with Crippen molar-refractivity contribution in [2.24, 2.45) is 0 Å². The van der Waals surface area contributed by atoms with Gasteiger partial charge in [-0.3, -0.25) is 9.59 Å². The minimum atomic E-state index is -0.427.